The molecule has 9 nitrogen and oxygen atoms in total. The third-order valence-corrected chi connectivity index (χ3v) is 7.61. The van der Waals surface area contributed by atoms with Gasteiger partial charge in [0.1, 0.15) is 22.8 Å². The number of amides is 1. The predicted molar refractivity (Wildman–Crippen MR) is 128 cm³/mol. The van der Waals surface area contributed by atoms with E-state index in [-0.39, 0.29) is 29.1 Å². The molecule has 0 spiro atoms. The molecule has 1 amide bonds. The van der Waals surface area contributed by atoms with E-state index in [9.17, 15) is 29.7 Å². The van der Waals surface area contributed by atoms with Gasteiger partial charge < -0.3 is 25.8 Å². The topological polar surface area (TPSA) is 150 Å². The molecule has 0 aliphatic heterocycles. The average molecular weight is 485 g/mol. The van der Waals surface area contributed by atoms with E-state index in [1.807, 2.05) is 18.7 Å². The molecule has 1 aromatic rings. The first-order chi connectivity index (χ1) is 16.6. The van der Waals surface area contributed by atoms with Gasteiger partial charge in [0.25, 0.3) is 5.91 Å². The summed E-state index contributed by atoms with van der Waals surface area (Å²) in [6.45, 7) is 5.02. The molecule has 4 atom stereocenters. The van der Waals surface area contributed by atoms with Crippen LogP contribution in [0, 0.1) is 11.8 Å². The van der Waals surface area contributed by atoms with Crippen LogP contribution < -0.4 is 5.73 Å². The number of benzene rings is 1. The predicted octanol–water partition coefficient (Wildman–Crippen LogP) is 2.18. The van der Waals surface area contributed by atoms with Crippen LogP contribution in [0.4, 0.5) is 0 Å². The molecule has 3 aliphatic rings. The van der Waals surface area contributed by atoms with Crippen molar-refractivity contribution in [2.24, 2.45) is 17.6 Å². The van der Waals surface area contributed by atoms with Gasteiger partial charge in [-0.1, -0.05) is 26.0 Å². The summed E-state index contributed by atoms with van der Waals surface area (Å²) in [5.41, 5.74) is 3.68. The summed E-state index contributed by atoms with van der Waals surface area (Å²) >= 11 is 0. The Labute approximate surface area is 203 Å². The number of ether oxygens (including phenoxy) is 1. The maximum absolute atomic E-state index is 14.1. The molecule has 1 aromatic carbocycles. The fraction of sp³-hybridized carbons (Fsp3) is 0.500. The zero-order chi connectivity index (χ0) is 25.7. The summed E-state index contributed by atoms with van der Waals surface area (Å²) in [5.74, 6) is -5.11. The Bertz CT molecular complexity index is 1150. The fourth-order valence-corrected chi connectivity index (χ4v) is 6.29. The first-order valence-electron chi connectivity index (χ1n) is 12.0. The van der Waals surface area contributed by atoms with E-state index < -0.39 is 52.3 Å². The third kappa shape index (κ3) is 3.48. The number of primary amides is 1. The first kappa shape index (κ1) is 24.9. The summed E-state index contributed by atoms with van der Waals surface area (Å²) in [6.07, 6.45) is 2.06. The number of hydrogen-bond acceptors (Lipinski definition) is 8. The Kier molecular flexibility index (Phi) is 6.50. The molecule has 0 bridgehead atoms. The Morgan fingerprint density at radius 2 is 1.83 bits per heavy atom. The van der Waals surface area contributed by atoms with Gasteiger partial charge in [-0.2, -0.15) is 0 Å². The molecule has 35 heavy (non-hydrogen) atoms. The number of phenolic OH excluding ortho intramolecular Hbond substituents is 1. The molecule has 9 heteroatoms. The van der Waals surface area contributed by atoms with E-state index in [0.29, 0.717) is 25.1 Å². The third-order valence-electron chi connectivity index (χ3n) is 7.61. The molecule has 0 radical (unpaired) electrons. The minimum absolute atomic E-state index is 0.0121. The Morgan fingerprint density at radius 3 is 2.40 bits per heavy atom. The van der Waals surface area contributed by atoms with E-state index in [0.717, 1.165) is 12.8 Å². The van der Waals surface area contributed by atoms with Crippen molar-refractivity contribution in [1.29, 1.82) is 0 Å². The molecule has 5 N–H and O–H groups in total. The van der Waals surface area contributed by atoms with Crippen molar-refractivity contribution in [3.05, 3.63) is 46.2 Å². The Morgan fingerprint density at radius 1 is 1.17 bits per heavy atom. The first-order valence-corrected chi connectivity index (χ1v) is 12.0. The van der Waals surface area contributed by atoms with Gasteiger partial charge in [-0.05, 0) is 56.3 Å². The molecule has 0 aromatic heterocycles. The number of nitrogens with zero attached hydrogens (tertiary/aromatic N) is 1. The van der Waals surface area contributed by atoms with Crippen LogP contribution in [-0.4, -0.2) is 69.5 Å². The summed E-state index contributed by atoms with van der Waals surface area (Å²) in [7, 11) is 1.24. The monoisotopic (exact) mass is 484 g/mol. The van der Waals surface area contributed by atoms with Gasteiger partial charge in [0.2, 0.25) is 5.78 Å². The zero-order valence-corrected chi connectivity index (χ0v) is 20.2. The van der Waals surface area contributed by atoms with Gasteiger partial charge in [0.05, 0.1) is 11.6 Å². The van der Waals surface area contributed by atoms with Gasteiger partial charge in [-0.3, -0.25) is 19.3 Å². The van der Waals surface area contributed by atoms with Crippen molar-refractivity contribution >= 4 is 23.2 Å². The number of aliphatic hydroxyl groups excluding tert-OH is 2. The van der Waals surface area contributed by atoms with Crippen LogP contribution in [0.1, 0.15) is 44.2 Å². The van der Waals surface area contributed by atoms with Gasteiger partial charge in [0.15, 0.2) is 11.4 Å². The molecule has 188 valence electrons. The molecule has 0 saturated heterocycles. The molecule has 1 saturated carbocycles. The van der Waals surface area contributed by atoms with E-state index in [2.05, 4.69) is 0 Å². The average Bonchev–Trinajstić information content (AvgIpc) is 2.79. The molecular formula is C26H32N2O7. The molecule has 4 rings (SSSR count). The maximum atomic E-state index is 14.1. The number of carbonyl (C=O) groups excluding carboxylic acids is 3. The lowest BCUT2D eigenvalue weighted by atomic mass is 9.57. The highest BCUT2D eigenvalue weighted by Crippen LogP contribution is 2.54. The number of methoxy groups -OCH3 is 1. The van der Waals surface area contributed by atoms with E-state index in [4.69, 9.17) is 10.5 Å². The molecular weight excluding hydrogens is 452 g/mol. The number of aliphatic hydroxyl groups is 2. The standard InChI is InChI=1S/C26H32N2O7/c1-4-9-28(10-5-2)20-15-12-14-11-13-7-6-8-16(29)17(13)21(30)18(14)23(32)26(15,35-3)24(33)19(22(20)31)25(27)34/h6-8,14-15,20,29-30,33H,4-5,9-12H2,1-3H3,(H2,27,34)/t14-,15-,20+,26-/m0/s1. The number of phenols is 1. The SMILES string of the molecule is CCCN(CCC)[C@H]1C(=O)C(C(N)=O)=C(O)[C@@]2(OC)C(=O)C3=C(O)c4c(O)cccc4C[C@H]3C[C@@H]12. The van der Waals surface area contributed by atoms with Crippen molar-refractivity contribution in [2.75, 3.05) is 20.2 Å². The second kappa shape index (κ2) is 9.13. The van der Waals surface area contributed by atoms with Gasteiger partial charge >= 0.3 is 0 Å². The lowest BCUT2D eigenvalue weighted by Crippen LogP contribution is -2.67. The van der Waals surface area contributed by atoms with E-state index >= 15 is 0 Å². The quantitative estimate of drug-likeness (QED) is 0.430. The molecule has 0 heterocycles. The van der Waals surface area contributed by atoms with E-state index in [1.54, 1.807) is 12.1 Å². The van der Waals surface area contributed by atoms with Crippen LogP contribution in [0.3, 0.4) is 0 Å². The number of nitrogens with two attached hydrogens (primary N) is 1. The van der Waals surface area contributed by atoms with Crippen LogP contribution in [0.2, 0.25) is 0 Å². The van der Waals surface area contributed by atoms with Crippen molar-refractivity contribution in [3.8, 4) is 5.75 Å². The smallest absolute Gasteiger partial charge is 0.255 e. The van der Waals surface area contributed by atoms with Crippen LogP contribution >= 0.6 is 0 Å². The second-order valence-corrected chi connectivity index (χ2v) is 9.52. The number of rotatable bonds is 7. The number of Topliss-reactive ketones (excluding diaryl/α,β-unsaturated/α-hetero) is 2. The Balaban J connectivity index is 1.99. The largest absolute Gasteiger partial charge is 0.508 e. The van der Waals surface area contributed by atoms with Crippen LogP contribution in [0.5, 0.6) is 5.75 Å². The summed E-state index contributed by atoms with van der Waals surface area (Å²) in [6, 6.07) is 3.95. The number of ketones is 2. The summed E-state index contributed by atoms with van der Waals surface area (Å²) in [4.78, 5) is 42.1. The Hall–Kier alpha value is -3.17. The number of aromatic hydroxyl groups is 1. The molecule has 0 unspecified atom stereocenters. The zero-order valence-electron chi connectivity index (χ0n) is 20.2. The van der Waals surface area contributed by atoms with Crippen LogP contribution in [0.15, 0.2) is 35.1 Å². The van der Waals surface area contributed by atoms with Crippen molar-refractivity contribution in [3.63, 3.8) is 0 Å². The van der Waals surface area contributed by atoms with Crippen molar-refractivity contribution in [1.82, 2.24) is 4.90 Å². The van der Waals surface area contributed by atoms with Crippen LogP contribution in [0.25, 0.3) is 5.76 Å². The number of fused-ring (bicyclic) bond motifs is 3. The highest BCUT2D eigenvalue weighted by Gasteiger charge is 2.65. The highest BCUT2D eigenvalue weighted by atomic mass is 16.5. The second-order valence-electron chi connectivity index (χ2n) is 9.52. The lowest BCUT2D eigenvalue weighted by Gasteiger charge is -2.52. The van der Waals surface area contributed by atoms with Crippen molar-refractivity contribution in [2.45, 2.75) is 51.2 Å². The van der Waals surface area contributed by atoms with E-state index in [1.165, 1.54) is 13.2 Å². The number of hydrogen-bond donors (Lipinski definition) is 4. The molecule has 3 aliphatic carbocycles. The van der Waals surface area contributed by atoms with Crippen LogP contribution in [-0.2, 0) is 25.5 Å². The van der Waals surface area contributed by atoms with Crippen molar-refractivity contribution < 1.29 is 34.4 Å². The normalized spacial score (nSPS) is 28.2. The lowest BCUT2D eigenvalue weighted by molar-refractivity contribution is -0.160. The maximum Gasteiger partial charge on any atom is 0.255 e. The van der Waals surface area contributed by atoms with Gasteiger partial charge in [0, 0.05) is 18.6 Å². The summed E-state index contributed by atoms with van der Waals surface area (Å²) < 4.78 is 5.74. The van der Waals surface area contributed by atoms with Gasteiger partial charge in [-0.25, -0.2) is 0 Å². The number of carbonyl (C=O) groups is 3. The minimum Gasteiger partial charge on any atom is -0.508 e. The van der Waals surface area contributed by atoms with Gasteiger partial charge in [-0.15, -0.1) is 0 Å². The minimum atomic E-state index is -2.07. The summed E-state index contributed by atoms with van der Waals surface area (Å²) in [5, 5.41) is 32.8. The highest BCUT2D eigenvalue weighted by molar-refractivity contribution is 6.24. The molecule has 1 fully saturated rings. The fourth-order valence-electron chi connectivity index (χ4n) is 6.29.